The van der Waals surface area contributed by atoms with Crippen molar-refractivity contribution >= 4 is 22.6 Å². The number of hydrogen-bond donors (Lipinski definition) is 2. The number of nitrogens with one attached hydrogen (secondary N) is 2. The Kier molecular flexibility index (Phi) is 4.62. The molecule has 2 N–H and O–H groups in total. The van der Waals surface area contributed by atoms with Crippen molar-refractivity contribution in [2.24, 2.45) is 7.05 Å². The second kappa shape index (κ2) is 6.84. The number of amides is 1. The highest BCUT2D eigenvalue weighted by Gasteiger charge is 2.10. The molecule has 1 aromatic heterocycles. The topological polar surface area (TPSA) is 59.0 Å². The minimum absolute atomic E-state index is 0.0625. The van der Waals surface area contributed by atoms with Crippen molar-refractivity contribution in [1.82, 2.24) is 14.9 Å². The molecule has 2 aromatic carbocycles. The van der Waals surface area contributed by atoms with Gasteiger partial charge in [-0.2, -0.15) is 0 Å². The Bertz CT molecular complexity index is 869. The van der Waals surface area contributed by atoms with Gasteiger partial charge in [-0.3, -0.25) is 4.79 Å². The SMILES string of the molecule is CC(=O)Nc1cccc(C(C)NCc2nc3ccccc3n2C)c1. The van der Waals surface area contributed by atoms with Crippen molar-refractivity contribution in [3.63, 3.8) is 0 Å². The first-order chi connectivity index (χ1) is 11.5. The van der Waals surface area contributed by atoms with Gasteiger partial charge in [-0.05, 0) is 36.8 Å². The molecule has 5 heteroatoms. The average Bonchev–Trinajstić information content (AvgIpc) is 2.89. The highest BCUT2D eigenvalue weighted by molar-refractivity contribution is 5.88. The van der Waals surface area contributed by atoms with Crippen LogP contribution in [-0.4, -0.2) is 15.5 Å². The summed E-state index contributed by atoms with van der Waals surface area (Å²) in [6, 6.07) is 16.2. The summed E-state index contributed by atoms with van der Waals surface area (Å²) in [7, 11) is 2.04. The van der Waals surface area contributed by atoms with E-state index in [1.54, 1.807) is 0 Å². The summed E-state index contributed by atoms with van der Waals surface area (Å²) < 4.78 is 2.11. The third kappa shape index (κ3) is 3.46. The van der Waals surface area contributed by atoms with Gasteiger partial charge in [0, 0.05) is 25.7 Å². The van der Waals surface area contributed by atoms with E-state index in [4.69, 9.17) is 0 Å². The van der Waals surface area contributed by atoms with E-state index >= 15 is 0 Å². The van der Waals surface area contributed by atoms with Crippen LogP contribution in [0.25, 0.3) is 11.0 Å². The fourth-order valence-corrected chi connectivity index (χ4v) is 2.80. The monoisotopic (exact) mass is 322 g/mol. The summed E-state index contributed by atoms with van der Waals surface area (Å²) in [6.45, 7) is 4.30. The number of anilines is 1. The molecule has 0 aliphatic carbocycles. The van der Waals surface area contributed by atoms with Gasteiger partial charge in [0.05, 0.1) is 17.6 Å². The predicted molar refractivity (Wildman–Crippen MR) is 96.7 cm³/mol. The molecule has 1 unspecified atom stereocenters. The van der Waals surface area contributed by atoms with Gasteiger partial charge in [0.1, 0.15) is 5.82 Å². The van der Waals surface area contributed by atoms with Crippen LogP contribution in [0.3, 0.4) is 0 Å². The van der Waals surface area contributed by atoms with Crippen LogP contribution in [0.1, 0.15) is 31.3 Å². The van der Waals surface area contributed by atoms with Crippen molar-refractivity contribution in [3.05, 3.63) is 59.9 Å². The molecular weight excluding hydrogens is 300 g/mol. The Morgan fingerprint density at radius 1 is 1.21 bits per heavy atom. The van der Waals surface area contributed by atoms with Gasteiger partial charge in [-0.15, -0.1) is 0 Å². The van der Waals surface area contributed by atoms with Crippen LogP contribution in [0, 0.1) is 0 Å². The second-order valence-corrected chi connectivity index (χ2v) is 5.99. The molecule has 124 valence electrons. The number of fused-ring (bicyclic) bond motifs is 1. The van der Waals surface area contributed by atoms with E-state index in [2.05, 4.69) is 39.2 Å². The van der Waals surface area contributed by atoms with E-state index in [0.29, 0.717) is 6.54 Å². The Morgan fingerprint density at radius 3 is 2.75 bits per heavy atom. The molecule has 24 heavy (non-hydrogen) atoms. The minimum Gasteiger partial charge on any atom is -0.330 e. The summed E-state index contributed by atoms with van der Waals surface area (Å²) in [6.07, 6.45) is 0. The molecule has 5 nitrogen and oxygen atoms in total. The normalized spacial score (nSPS) is 12.3. The second-order valence-electron chi connectivity index (χ2n) is 5.99. The highest BCUT2D eigenvalue weighted by Crippen LogP contribution is 2.19. The molecule has 1 atom stereocenters. The van der Waals surface area contributed by atoms with Crippen LogP contribution in [0.5, 0.6) is 0 Å². The Balaban J connectivity index is 1.71. The Labute approximate surface area is 141 Å². The maximum atomic E-state index is 11.2. The minimum atomic E-state index is -0.0625. The number of aromatic nitrogens is 2. The fourth-order valence-electron chi connectivity index (χ4n) is 2.80. The van der Waals surface area contributed by atoms with Crippen molar-refractivity contribution < 1.29 is 4.79 Å². The molecule has 0 radical (unpaired) electrons. The van der Waals surface area contributed by atoms with E-state index < -0.39 is 0 Å². The van der Waals surface area contributed by atoms with Crippen LogP contribution in [0.15, 0.2) is 48.5 Å². The lowest BCUT2D eigenvalue weighted by molar-refractivity contribution is -0.114. The third-order valence-electron chi connectivity index (χ3n) is 4.15. The number of aryl methyl sites for hydroxylation is 1. The number of carbonyl (C=O) groups is 1. The lowest BCUT2D eigenvalue weighted by Gasteiger charge is -2.15. The molecule has 0 aliphatic heterocycles. The van der Waals surface area contributed by atoms with Gasteiger partial charge < -0.3 is 15.2 Å². The number of carbonyl (C=O) groups excluding carboxylic acids is 1. The first-order valence-corrected chi connectivity index (χ1v) is 8.06. The zero-order chi connectivity index (χ0) is 17.1. The molecule has 0 saturated heterocycles. The standard InChI is InChI=1S/C19H22N4O/c1-13(15-7-6-8-16(11-15)21-14(2)24)20-12-19-22-17-9-4-5-10-18(17)23(19)3/h4-11,13,20H,12H2,1-3H3,(H,21,24). The molecule has 3 aromatic rings. The maximum absolute atomic E-state index is 11.2. The van der Waals surface area contributed by atoms with Gasteiger partial charge in [0.25, 0.3) is 0 Å². The lowest BCUT2D eigenvalue weighted by Crippen LogP contribution is -2.20. The number of nitrogens with zero attached hydrogens (tertiary/aromatic N) is 2. The van der Waals surface area contributed by atoms with Crippen LogP contribution in [-0.2, 0) is 18.4 Å². The predicted octanol–water partition coefficient (Wildman–Crippen LogP) is 3.38. The third-order valence-corrected chi connectivity index (χ3v) is 4.15. The van der Waals surface area contributed by atoms with Crippen molar-refractivity contribution in [3.8, 4) is 0 Å². The number of hydrogen-bond acceptors (Lipinski definition) is 3. The van der Waals surface area contributed by atoms with Crippen LogP contribution in [0.2, 0.25) is 0 Å². The average molecular weight is 322 g/mol. The molecule has 0 aliphatic rings. The van der Waals surface area contributed by atoms with Crippen LogP contribution >= 0.6 is 0 Å². The van der Waals surface area contributed by atoms with Crippen LogP contribution < -0.4 is 10.6 Å². The summed E-state index contributed by atoms with van der Waals surface area (Å²) in [5.41, 5.74) is 4.09. The van der Waals surface area contributed by atoms with Gasteiger partial charge in [-0.1, -0.05) is 24.3 Å². The van der Waals surface area contributed by atoms with Crippen molar-refractivity contribution in [2.45, 2.75) is 26.4 Å². The number of benzene rings is 2. The highest BCUT2D eigenvalue weighted by atomic mass is 16.1. The summed E-state index contributed by atoms with van der Waals surface area (Å²) in [5.74, 6) is 0.938. The van der Waals surface area contributed by atoms with Gasteiger partial charge >= 0.3 is 0 Å². The van der Waals surface area contributed by atoms with Gasteiger partial charge in [-0.25, -0.2) is 4.98 Å². The van der Waals surface area contributed by atoms with Gasteiger partial charge in [0.2, 0.25) is 5.91 Å². The number of para-hydroxylation sites is 2. The van der Waals surface area contributed by atoms with E-state index in [0.717, 1.165) is 28.1 Å². The van der Waals surface area contributed by atoms with Gasteiger partial charge in [0.15, 0.2) is 0 Å². The molecule has 0 bridgehead atoms. The molecule has 0 saturated carbocycles. The number of rotatable bonds is 5. The van der Waals surface area contributed by atoms with Crippen molar-refractivity contribution in [1.29, 1.82) is 0 Å². The first-order valence-electron chi connectivity index (χ1n) is 8.06. The van der Waals surface area contributed by atoms with E-state index in [9.17, 15) is 4.79 Å². The number of imidazole rings is 1. The zero-order valence-corrected chi connectivity index (χ0v) is 14.2. The maximum Gasteiger partial charge on any atom is 0.221 e. The molecule has 0 spiro atoms. The molecule has 3 rings (SSSR count). The summed E-state index contributed by atoms with van der Waals surface area (Å²) in [4.78, 5) is 15.9. The quantitative estimate of drug-likeness (QED) is 0.757. The van der Waals surface area contributed by atoms with E-state index in [1.165, 1.54) is 6.92 Å². The zero-order valence-electron chi connectivity index (χ0n) is 14.2. The smallest absolute Gasteiger partial charge is 0.221 e. The molecular formula is C19H22N4O. The summed E-state index contributed by atoms with van der Waals surface area (Å²) in [5, 5.41) is 6.32. The molecule has 1 heterocycles. The first kappa shape index (κ1) is 16.2. The largest absolute Gasteiger partial charge is 0.330 e. The fraction of sp³-hybridized carbons (Fsp3) is 0.263. The van der Waals surface area contributed by atoms with Crippen LogP contribution in [0.4, 0.5) is 5.69 Å². The van der Waals surface area contributed by atoms with E-state index in [-0.39, 0.29) is 11.9 Å². The van der Waals surface area contributed by atoms with Crippen molar-refractivity contribution in [2.75, 3.05) is 5.32 Å². The Hall–Kier alpha value is -2.66. The van der Waals surface area contributed by atoms with E-state index in [1.807, 2.05) is 43.4 Å². The Morgan fingerprint density at radius 2 is 2.00 bits per heavy atom. The molecule has 0 fully saturated rings. The summed E-state index contributed by atoms with van der Waals surface area (Å²) >= 11 is 0. The molecule has 1 amide bonds. The lowest BCUT2D eigenvalue weighted by atomic mass is 10.1.